The molecule has 0 saturated carbocycles. The molecule has 0 unspecified atom stereocenters. The van der Waals surface area contributed by atoms with Crippen LogP contribution in [0.2, 0.25) is 5.15 Å². The molecule has 0 aromatic carbocycles. The maximum Gasteiger partial charge on any atom is 0.351 e. The second-order valence-electron chi connectivity index (χ2n) is 5.10. The Morgan fingerprint density at radius 3 is 2.64 bits per heavy atom. The van der Waals surface area contributed by atoms with E-state index in [1.54, 1.807) is 0 Å². The number of ether oxygens (including phenoxy) is 1. The molecule has 2 heterocycles. The highest BCUT2D eigenvalue weighted by Gasteiger charge is 2.18. The van der Waals surface area contributed by atoms with E-state index < -0.39 is 5.97 Å². The highest BCUT2D eigenvalue weighted by molar-refractivity contribution is 7.18. The number of esters is 1. The van der Waals surface area contributed by atoms with E-state index in [2.05, 4.69) is 15.0 Å². The zero-order valence-electron chi connectivity index (χ0n) is 12.6. The summed E-state index contributed by atoms with van der Waals surface area (Å²) in [5, 5.41) is 3.68. The van der Waals surface area contributed by atoms with Gasteiger partial charge in [0, 0.05) is 26.1 Å². The quantitative estimate of drug-likeness (QED) is 0.831. The molecule has 0 radical (unpaired) electrons. The molecule has 1 aliphatic rings. The first kappa shape index (κ1) is 17.0. The zero-order chi connectivity index (χ0) is 15.9. The summed E-state index contributed by atoms with van der Waals surface area (Å²) in [6.45, 7) is 2.18. The second-order valence-corrected chi connectivity index (χ2v) is 6.46. The monoisotopic (exact) mass is 345 g/mol. The highest BCUT2D eigenvalue weighted by Crippen LogP contribution is 2.27. The molecule has 1 fully saturated rings. The lowest BCUT2D eigenvalue weighted by molar-refractivity contribution is -0.130. The number of hydrogen-bond acceptors (Lipinski definition) is 6. The van der Waals surface area contributed by atoms with Crippen molar-refractivity contribution in [1.82, 2.24) is 9.88 Å². The van der Waals surface area contributed by atoms with Crippen molar-refractivity contribution in [2.75, 3.05) is 32.1 Å². The molecule has 2 rings (SSSR count). The van der Waals surface area contributed by atoms with Gasteiger partial charge in [-0.25, -0.2) is 9.78 Å². The lowest BCUT2D eigenvalue weighted by atomic mass is 10.2. The van der Waals surface area contributed by atoms with Gasteiger partial charge in [-0.1, -0.05) is 35.8 Å². The molecular weight excluding hydrogens is 326 g/mol. The van der Waals surface area contributed by atoms with E-state index in [0.29, 0.717) is 18.1 Å². The van der Waals surface area contributed by atoms with Gasteiger partial charge in [-0.2, -0.15) is 0 Å². The fraction of sp³-hybridized carbons (Fsp3) is 0.643. The minimum absolute atomic E-state index is 0.123. The van der Waals surface area contributed by atoms with Crippen LogP contribution in [0.3, 0.4) is 0 Å². The number of halogens is 1. The van der Waals surface area contributed by atoms with Gasteiger partial charge in [0.25, 0.3) is 0 Å². The summed E-state index contributed by atoms with van der Waals surface area (Å²) < 4.78 is 4.62. The van der Waals surface area contributed by atoms with Gasteiger partial charge in [0.1, 0.15) is 0 Å². The Bertz CT molecular complexity index is 527. The number of nitrogens with zero attached hydrogens (tertiary/aromatic N) is 2. The van der Waals surface area contributed by atoms with Gasteiger partial charge in [0.15, 0.2) is 15.2 Å². The molecule has 6 nitrogen and oxygen atoms in total. The zero-order valence-corrected chi connectivity index (χ0v) is 14.1. The standard InChI is InChI=1S/C14H20ClN3O3S/c1-21-13(20)11-12(15)17-14(22-11)16-7-6-10(19)18-8-4-2-3-5-9-18/h2-9H2,1H3,(H,16,17). The van der Waals surface area contributed by atoms with E-state index in [9.17, 15) is 9.59 Å². The second kappa shape index (κ2) is 8.33. The molecule has 22 heavy (non-hydrogen) atoms. The van der Waals surface area contributed by atoms with E-state index in [4.69, 9.17) is 11.6 Å². The molecular formula is C14H20ClN3O3S. The first-order valence-corrected chi connectivity index (χ1v) is 8.57. The molecule has 0 bridgehead atoms. The molecule has 1 aliphatic heterocycles. The fourth-order valence-electron chi connectivity index (χ4n) is 2.35. The predicted octanol–water partition coefficient (Wildman–Crippen LogP) is 2.79. The molecule has 1 aromatic heterocycles. The van der Waals surface area contributed by atoms with Crippen molar-refractivity contribution >= 4 is 39.9 Å². The fourth-order valence-corrected chi connectivity index (χ4v) is 3.48. The first-order valence-electron chi connectivity index (χ1n) is 7.38. The molecule has 122 valence electrons. The largest absolute Gasteiger partial charge is 0.465 e. The number of thiazole rings is 1. The number of carbonyl (C=O) groups excluding carboxylic acids is 2. The number of anilines is 1. The first-order chi connectivity index (χ1) is 10.6. The molecule has 1 aromatic rings. The molecule has 8 heteroatoms. The van der Waals surface area contributed by atoms with E-state index >= 15 is 0 Å². The van der Waals surface area contributed by atoms with Crippen LogP contribution in [-0.4, -0.2) is 48.5 Å². The van der Waals surface area contributed by atoms with Crippen LogP contribution in [0.25, 0.3) is 0 Å². The number of aromatic nitrogens is 1. The SMILES string of the molecule is COC(=O)c1sc(NCCC(=O)N2CCCCCC2)nc1Cl. The Balaban J connectivity index is 1.80. The smallest absolute Gasteiger partial charge is 0.351 e. The normalized spacial score (nSPS) is 15.3. The summed E-state index contributed by atoms with van der Waals surface area (Å²) in [6.07, 6.45) is 4.99. The van der Waals surface area contributed by atoms with Crippen LogP contribution in [0.15, 0.2) is 0 Å². The van der Waals surface area contributed by atoms with Crippen molar-refractivity contribution in [1.29, 1.82) is 0 Å². The molecule has 0 aliphatic carbocycles. The van der Waals surface area contributed by atoms with Gasteiger partial charge >= 0.3 is 5.97 Å². The Morgan fingerprint density at radius 1 is 1.32 bits per heavy atom. The third-order valence-electron chi connectivity index (χ3n) is 3.53. The minimum atomic E-state index is -0.504. The Labute approximate surface area is 138 Å². The molecule has 0 atom stereocenters. The van der Waals surface area contributed by atoms with Gasteiger partial charge in [0.2, 0.25) is 5.91 Å². The van der Waals surface area contributed by atoms with Gasteiger partial charge in [-0.15, -0.1) is 0 Å². The van der Waals surface area contributed by atoms with Gasteiger partial charge in [-0.3, -0.25) is 4.79 Å². The van der Waals surface area contributed by atoms with Gasteiger partial charge in [-0.05, 0) is 12.8 Å². The van der Waals surface area contributed by atoms with Crippen molar-refractivity contribution in [3.63, 3.8) is 0 Å². The van der Waals surface area contributed by atoms with Crippen LogP contribution in [0.5, 0.6) is 0 Å². The lowest BCUT2D eigenvalue weighted by Crippen LogP contribution is -2.32. The Kier molecular flexibility index (Phi) is 6.45. The van der Waals surface area contributed by atoms with E-state index in [-0.39, 0.29) is 15.9 Å². The maximum atomic E-state index is 12.1. The van der Waals surface area contributed by atoms with Gasteiger partial charge in [0.05, 0.1) is 7.11 Å². The van der Waals surface area contributed by atoms with Crippen LogP contribution >= 0.6 is 22.9 Å². The lowest BCUT2D eigenvalue weighted by Gasteiger charge is -2.20. The van der Waals surface area contributed by atoms with Crippen molar-refractivity contribution in [2.45, 2.75) is 32.1 Å². The number of methoxy groups -OCH3 is 1. The topological polar surface area (TPSA) is 71.5 Å². The summed E-state index contributed by atoms with van der Waals surface area (Å²) >= 11 is 7.01. The van der Waals surface area contributed by atoms with Crippen molar-refractivity contribution in [3.8, 4) is 0 Å². The van der Waals surface area contributed by atoms with E-state index in [1.807, 2.05) is 4.90 Å². The molecule has 1 N–H and O–H groups in total. The number of rotatable bonds is 5. The minimum Gasteiger partial charge on any atom is -0.465 e. The van der Waals surface area contributed by atoms with Crippen LogP contribution in [0.4, 0.5) is 5.13 Å². The van der Waals surface area contributed by atoms with Crippen molar-refractivity contribution in [2.24, 2.45) is 0 Å². The number of nitrogens with one attached hydrogen (secondary N) is 1. The average Bonchev–Trinajstić information content (AvgIpc) is 2.73. The average molecular weight is 346 g/mol. The molecule has 1 amide bonds. The molecule has 0 spiro atoms. The third-order valence-corrected chi connectivity index (χ3v) is 4.91. The number of carbonyl (C=O) groups is 2. The summed E-state index contributed by atoms with van der Waals surface area (Å²) in [4.78, 5) is 29.8. The predicted molar refractivity (Wildman–Crippen MR) is 86.6 cm³/mol. The van der Waals surface area contributed by atoms with Crippen LogP contribution in [0, 0.1) is 0 Å². The van der Waals surface area contributed by atoms with Crippen molar-refractivity contribution in [3.05, 3.63) is 10.0 Å². The number of amides is 1. The van der Waals surface area contributed by atoms with Crippen molar-refractivity contribution < 1.29 is 14.3 Å². The van der Waals surface area contributed by atoms with Crippen LogP contribution in [-0.2, 0) is 9.53 Å². The van der Waals surface area contributed by atoms with Crippen LogP contribution in [0.1, 0.15) is 41.8 Å². The Morgan fingerprint density at radius 2 is 2.00 bits per heavy atom. The van der Waals surface area contributed by atoms with Crippen LogP contribution < -0.4 is 5.32 Å². The third kappa shape index (κ3) is 4.58. The van der Waals surface area contributed by atoms with E-state index in [1.165, 1.54) is 20.0 Å². The van der Waals surface area contributed by atoms with Gasteiger partial charge < -0.3 is 15.0 Å². The summed E-state index contributed by atoms with van der Waals surface area (Å²) in [6, 6.07) is 0. The Hall–Kier alpha value is -1.34. The van der Waals surface area contributed by atoms with E-state index in [0.717, 1.165) is 37.3 Å². The molecule has 1 saturated heterocycles. The summed E-state index contributed by atoms with van der Waals surface area (Å²) in [5.41, 5.74) is 0. The number of likely N-dealkylation sites (tertiary alicyclic amines) is 1. The highest BCUT2D eigenvalue weighted by atomic mass is 35.5. The summed E-state index contributed by atoms with van der Waals surface area (Å²) in [7, 11) is 1.30. The summed E-state index contributed by atoms with van der Waals surface area (Å²) in [5.74, 6) is -0.346. The number of hydrogen-bond donors (Lipinski definition) is 1. The maximum absolute atomic E-state index is 12.1.